The van der Waals surface area contributed by atoms with Gasteiger partial charge in [-0.05, 0) is 43.4 Å². The quantitative estimate of drug-likeness (QED) is 0.836. The molecule has 0 radical (unpaired) electrons. The number of nitrogens with two attached hydrogens (primary N) is 1. The van der Waals surface area contributed by atoms with E-state index >= 15 is 0 Å². The van der Waals surface area contributed by atoms with Gasteiger partial charge in [0.2, 0.25) is 5.91 Å². The third kappa shape index (κ3) is 5.11. The van der Waals surface area contributed by atoms with Crippen LogP contribution in [-0.2, 0) is 4.79 Å². The maximum atomic E-state index is 12.2. The fourth-order valence-electron chi connectivity index (χ4n) is 2.87. The molecule has 0 aliphatic carbocycles. The number of nitrogens with one attached hydrogen (secondary N) is 1. The van der Waals surface area contributed by atoms with E-state index in [4.69, 9.17) is 5.73 Å². The van der Waals surface area contributed by atoms with Crippen molar-refractivity contribution in [2.75, 3.05) is 18.0 Å². The van der Waals surface area contributed by atoms with Crippen LogP contribution < -0.4 is 16.0 Å². The largest absolute Gasteiger partial charge is 0.372 e. The zero-order chi connectivity index (χ0) is 16.1. The summed E-state index contributed by atoms with van der Waals surface area (Å²) >= 11 is 0. The number of nitrogens with zero attached hydrogens (tertiary/aromatic N) is 1. The number of hydrogen-bond acceptors (Lipinski definition) is 3. The molecular weight excluding hydrogens is 310 g/mol. The fraction of sp³-hybridized carbons (Fsp3) is 0.611. The van der Waals surface area contributed by atoms with Crippen LogP contribution in [-0.4, -0.2) is 25.0 Å². The number of rotatable bonds is 6. The van der Waals surface area contributed by atoms with Crippen molar-refractivity contribution in [2.24, 2.45) is 11.7 Å². The highest BCUT2D eigenvalue weighted by Crippen LogP contribution is 2.24. The lowest BCUT2D eigenvalue weighted by Gasteiger charge is -2.23. The molecule has 0 saturated carbocycles. The van der Waals surface area contributed by atoms with Crippen LogP contribution in [0.2, 0.25) is 0 Å². The Bertz CT molecular complexity index is 503. The van der Waals surface area contributed by atoms with E-state index in [0.717, 1.165) is 25.1 Å². The van der Waals surface area contributed by atoms with Crippen LogP contribution in [0.5, 0.6) is 0 Å². The van der Waals surface area contributed by atoms with Gasteiger partial charge in [0, 0.05) is 18.8 Å². The van der Waals surface area contributed by atoms with Gasteiger partial charge in [0.25, 0.3) is 0 Å². The van der Waals surface area contributed by atoms with Crippen LogP contribution in [0.25, 0.3) is 0 Å². The Morgan fingerprint density at radius 3 is 2.57 bits per heavy atom. The Balaban J connectivity index is 0.00000264. The molecule has 2 rings (SSSR count). The SMILES string of the molecule is CCC(C)C(N)C(=O)NC(C)c1cccc(N2CCCC2)c1.Cl. The highest BCUT2D eigenvalue weighted by atomic mass is 35.5. The zero-order valence-electron chi connectivity index (χ0n) is 14.4. The second kappa shape index (κ2) is 9.14. The van der Waals surface area contributed by atoms with Crippen molar-refractivity contribution in [1.82, 2.24) is 5.32 Å². The van der Waals surface area contributed by atoms with E-state index in [1.165, 1.54) is 18.5 Å². The minimum absolute atomic E-state index is 0. The van der Waals surface area contributed by atoms with Gasteiger partial charge in [-0.1, -0.05) is 32.4 Å². The average molecular weight is 340 g/mol. The summed E-state index contributed by atoms with van der Waals surface area (Å²) in [5.41, 5.74) is 8.39. The van der Waals surface area contributed by atoms with Gasteiger partial charge in [-0.2, -0.15) is 0 Å². The monoisotopic (exact) mass is 339 g/mol. The molecule has 4 nitrogen and oxygen atoms in total. The lowest BCUT2D eigenvalue weighted by molar-refractivity contribution is -0.124. The Labute approximate surface area is 146 Å². The van der Waals surface area contributed by atoms with Crippen LogP contribution in [0, 0.1) is 5.92 Å². The second-order valence-corrected chi connectivity index (χ2v) is 6.43. The summed E-state index contributed by atoms with van der Waals surface area (Å²) in [5.74, 6) is 0.136. The van der Waals surface area contributed by atoms with Gasteiger partial charge in [0.15, 0.2) is 0 Å². The van der Waals surface area contributed by atoms with Crippen LogP contribution in [0.15, 0.2) is 24.3 Å². The maximum absolute atomic E-state index is 12.2. The van der Waals surface area contributed by atoms with Crippen molar-refractivity contribution in [1.29, 1.82) is 0 Å². The maximum Gasteiger partial charge on any atom is 0.237 e. The Kier molecular flexibility index (Phi) is 7.86. The Morgan fingerprint density at radius 1 is 1.30 bits per heavy atom. The van der Waals surface area contributed by atoms with E-state index in [0.29, 0.717) is 0 Å². The summed E-state index contributed by atoms with van der Waals surface area (Å²) in [6, 6.07) is 8.01. The van der Waals surface area contributed by atoms with Crippen molar-refractivity contribution in [2.45, 2.75) is 52.1 Å². The molecule has 23 heavy (non-hydrogen) atoms. The standard InChI is InChI=1S/C18H29N3O.ClH/c1-4-13(2)17(19)18(22)20-14(3)15-8-7-9-16(12-15)21-10-5-6-11-21;/h7-9,12-14,17H,4-6,10-11,19H2,1-3H3,(H,20,22);1H. The molecule has 5 heteroatoms. The summed E-state index contributed by atoms with van der Waals surface area (Å²) in [5, 5.41) is 3.05. The number of amides is 1. The lowest BCUT2D eigenvalue weighted by atomic mass is 9.98. The first-order valence-corrected chi connectivity index (χ1v) is 8.43. The summed E-state index contributed by atoms with van der Waals surface area (Å²) in [6.45, 7) is 8.35. The van der Waals surface area contributed by atoms with Gasteiger partial charge in [-0.15, -0.1) is 12.4 Å². The molecule has 1 aliphatic rings. The third-order valence-corrected chi connectivity index (χ3v) is 4.76. The summed E-state index contributed by atoms with van der Waals surface area (Å²) in [4.78, 5) is 14.6. The molecule has 1 saturated heterocycles. The van der Waals surface area contributed by atoms with Crippen LogP contribution in [0.4, 0.5) is 5.69 Å². The predicted octanol–water partition coefficient (Wildman–Crippen LogP) is 3.26. The van der Waals surface area contributed by atoms with Crippen molar-refractivity contribution in [3.05, 3.63) is 29.8 Å². The topological polar surface area (TPSA) is 58.4 Å². The van der Waals surface area contributed by atoms with Gasteiger partial charge in [0.1, 0.15) is 0 Å². The molecule has 1 aliphatic heterocycles. The van der Waals surface area contributed by atoms with E-state index in [-0.39, 0.29) is 30.3 Å². The highest BCUT2D eigenvalue weighted by molar-refractivity contribution is 5.85. The number of hydrogen-bond donors (Lipinski definition) is 2. The number of benzene rings is 1. The lowest BCUT2D eigenvalue weighted by Crippen LogP contribution is -2.45. The van der Waals surface area contributed by atoms with E-state index in [2.05, 4.69) is 41.4 Å². The van der Waals surface area contributed by atoms with Gasteiger partial charge < -0.3 is 16.0 Å². The van der Waals surface area contributed by atoms with Crippen molar-refractivity contribution in [3.63, 3.8) is 0 Å². The summed E-state index contributed by atoms with van der Waals surface area (Å²) in [6.07, 6.45) is 3.44. The number of anilines is 1. The molecule has 1 fully saturated rings. The number of halogens is 1. The van der Waals surface area contributed by atoms with E-state index in [1.54, 1.807) is 0 Å². The molecule has 1 heterocycles. The minimum atomic E-state index is -0.436. The first-order chi connectivity index (χ1) is 10.5. The molecule has 1 amide bonds. The smallest absolute Gasteiger partial charge is 0.237 e. The van der Waals surface area contributed by atoms with E-state index in [1.807, 2.05) is 13.8 Å². The second-order valence-electron chi connectivity index (χ2n) is 6.43. The molecule has 1 aromatic carbocycles. The van der Waals surface area contributed by atoms with Crippen LogP contribution in [0.3, 0.4) is 0 Å². The van der Waals surface area contributed by atoms with Gasteiger partial charge in [-0.25, -0.2) is 0 Å². The first-order valence-electron chi connectivity index (χ1n) is 8.43. The molecule has 3 unspecified atom stereocenters. The first kappa shape index (κ1) is 19.8. The summed E-state index contributed by atoms with van der Waals surface area (Å²) < 4.78 is 0. The Morgan fingerprint density at radius 2 is 1.96 bits per heavy atom. The summed E-state index contributed by atoms with van der Waals surface area (Å²) in [7, 11) is 0. The molecule has 130 valence electrons. The zero-order valence-corrected chi connectivity index (χ0v) is 15.2. The van der Waals surface area contributed by atoms with Crippen molar-refractivity contribution >= 4 is 24.0 Å². The number of carbonyl (C=O) groups is 1. The van der Waals surface area contributed by atoms with Crippen LogP contribution >= 0.6 is 12.4 Å². The predicted molar refractivity (Wildman–Crippen MR) is 99.1 cm³/mol. The molecular formula is C18H30ClN3O. The van der Waals surface area contributed by atoms with E-state index < -0.39 is 6.04 Å². The molecule has 0 spiro atoms. The molecule has 1 aromatic rings. The minimum Gasteiger partial charge on any atom is -0.372 e. The van der Waals surface area contributed by atoms with Gasteiger partial charge in [-0.3, -0.25) is 4.79 Å². The average Bonchev–Trinajstić information content (AvgIpc) is 3.07. The van der Waals surface area contributed by atoms with Gasteiger partial charge >= 0.3 is 0 Å². The molecule has 0 aromatic heterocycles. The highest BCUT2D eigenvalue weighted by Gasteiger charge is 2.21. The number of carbonyl (C=O) groups excluding carboxylic acids is 1. The van der Waals surface area contributed by atoms with Gasteiger partial charge in [0.05, 0.1) is 12.1 Å². The molecule has 3 atom stereocenters. The van der Waals surface area contributed by atoms with Crippen molar-refractivity contribution < 1.29 is 4.79 Å². The normalized spacial score (nSPS) is 18.0. The van der Waals surface area contributed by atoms with E-state index in [9.17, 15) is 4.79 Å². The Hall–Kier alpha value is -1.26. The molecule has 3 N–H and O–H groups in total. The molecule has 0 bridgehead atoms. The fourth-order valence-corrected chi connectivity index (χ4v) is 2.87. The third-order valence-electron chi connectivity index (χ3n) is 4.76. The van der Waals surface area contributed by atoms with Crippen LogP contribution in [0.1, 0.15) is 51.6 Å². The van der Waals surface area contributed by atoms with Crippen molar-refractivity contribution in [3.8, 4) is 0 Å².